The molecule has 1 atom stereocenters. The van der Waals surface area contributed by atoms with E-state index in [1.165, 1.54) is 25.2 Å². The van der Waals surface area contributed by atoms with Crippen LogP contribution < -0.4 is 16.4 Å². The topological polar surface area (TPSA) is 122 Å². The molecule has 8 nitrogen and oxygen atoms in total. The summed E-state index contributed by atoms with van der Waals surface area (Å²) in [7, 11) is 1.41. The highest BCUT2D eigenvalue weighted by Gasteiger charge is 2.33. The van der Waals surface area contributed by atoms with E-state index < -0.39 is 11.9 Å². The number of urea groups is 1. The van der Waals surface area contributed by atoms with Crippen molar-refractivity contribution in [2.45, 2.75) is 13.0 Å². The molecule has 138 valence electrons. The maximum absolute atomic E-state index is 12.5. The molecule has 4 N–H and O–H groups in total. The van der Waals surface area contributed by atoms with Crippen LogP contribution in [0.1, 0.15) is 49.6 Å². The highest BCUT2D eigenvalue weighted by molar-refractivity contribution is 6.21. The van der Waals surface area contributed by atoms with Gasteiger partial charge in [-0.25, -0.2) is 4.79 Å². The van der Waals surface area contributed by atoms with Crippen LogP contribution in [0, 0.1) is 0 Å². The highest BCUT2D eigenvalue weighted by atomic mass is 16.2. The molecule has 1 heterocycles. The molecule has 0 saturated carbocycles. The Kier molecular flexibility index (Phi) is 4.64. The number of nitrogens with one attached hydrogen (secondary N) is 2. The summed E-state index contributed by atoms with van der Waals surface area (Å²) in [6.45, 7) is 1.81. The molecule has 3 rings (SSSR count). The van der Waals surface area contributed by atoms with Crippen molar-refractivity contribution in [1.29, 1.82) is 0 Å². The fourth-order valence-corrected chi connectivity index (χ4v) is 2.86. The maximum Gasteiger partial charge on any atom is 0.316 e. The zero-order valence-electron chi connectivity index (χ0n) is 14.8. The van der Waals surface area contributed by atoms with Gasteiger partial charge in [0.15, 0.2) is 0 Å². The smallest absolute Gasteiger partial charge is 0.316 e. The van der Waals surface area contributed by atoms with Crippen molar-refractivity contribution < 1.29 is 19.2 Å². The minimum Gasteiger partial charge on any atom is -0.351 e. The van der Waals surface area contributed by atoms with Crippen molar-refractivity contribution in [3.8, 4) is 0 Å². The average molecular weight is 366 g/mol. The molecule has 0 aliphatic carbocycles. The number of nitrogens with two attached hydrogens (primary N) is 1. The van der Waals surface area contributed by atoms with Crippen LogP contribution in [0.5, 0.6) is 0 Å². The van der Waals surface area contributed by atoms with Crippen LogP contribution in [0.4, 0.5) is 10.5 Å². The number of nitrogens with zero attached hydrogens (tertiary/aromatic N) is 1. The van der Waals surface area contributed by atoms with Crippen molar-refractivity contribution in [2.75, 3.05) is 12.4 Å². The minimum atomic E-state index is -0.653. The maximum atomic E-state index is 12.5. The summed E-state index contributed by atoms with van der Waals surface area (Å²) in [6.07, 6.45) is 0. The van der Waals surface area contributed by atoms with Gasteiger partial charge in [0.2, 0.25) is 0 Å². The van der Waals surface area contributed by atoms with Gasteiger partial charge in [-0.2, -0.15) is 0 Å². The standard InChI is InChI=1S/C19H18N4O4/c1-10(11-3-6-13(7-4-11)22-19(20)27)21-16(24)12-5-8-14-15(9-12)18(26)23(2)17(14)25/h3-10H,1-2H3,(H,21,24)(H3,20,22,27). The van der Waals surface area contributed by atoms with E-state index in [0.717, 1.165) is 10.5 Å². The molecule has 0 bridgehead atoms. The SMILES string of the molecule is CC(NC(=O)c1ccc2c(c1)C(=O)N(C)C2=O)c1ccc(NC(N)=O)cc1. The van der Waals surface area contributed by atoms with Crippen LogP contribution in [-0.4, -0.2) is 35.7 Å². The van der Waals surface area contributed by atoms with Crippen LogP contribution in [0.2, 0.25) is 0 Å². The average Bonchev–Trinajstić information content (AvgIpc) is 2.85. The predicted molar refractivity (Wildman–Crippen MR) is 98.4 cm³/mol. The second-order valence-electron chi connectivity index (χ2n) is 6.24. The largest absolute Gasteiger partial charge is 0.351 e. The van der Waals surface area contributed by atoms with Crippen molar-refractivity contribution in [1.82, 2.24) is 10.2 Å². The number of anilines is 1. The van der Waals surface area contributed by atoms with Crippen molar-refractivity contribution in [2.24, 2.45) is 5.73 Å². The molecule has 2 aromatic rings. The molecule has 0 radical (unpaired) electrons. The molecule has 2 aromatic carbocycles. The third-order valence-electron chi connectivity index (χ3n) is 4.38. The number of hydrogen-bond acceptors (Lipinski definition) is 4. The summed E-state index contributed by atoms with van der Waals surface area (Å²) in [5, 5.41) is 5.30. The van der Waals surface area contributed by atoms with Gasteiger partial charge in [-0.1, -0.05) is 12.1 Å². The Hall–Kier alpha value is -3.68. The summed E-state index contributed by atoms with van der Waals surface area (Å²) in [5.74, 6) is -1.16. The molecule has 0 fully saturated rings. The van der Waals surface area contributed by atoms with Crippen LogP contribution >= 0.6 is 0 Å². The number of fused-ring (bicyclic) bond motifs is 1. The highest BCUT2D eigenvalue weighted by Crippen LogP contribution is 2.23. The van der Waals surface area contributed by atoms with Gasteiger partial charge in [-0.3, -0.25) is 19.3 Å². The molecule has 8 heteroatoms. The summed E-state index contributed by atoms with van der Waals surface area (Å²) >= 11 is 0. The fraction of sp³-hybridized carbons (Fsp3) is 0.158. The lowest BCUT2D eigenvalue weighted by molar-refractivity contribution is 0.0693. The van der Waals surface area contributed by atoms with Gasteiger partial charge in [0, 0.05) is 18.3 Å². The normalized spacial score (nSPS) is 13.9. The van der Waals surface area contributed by atoms with E-state index in [2.05, 4.69) is 10.6 Å². The second kappa shape index (κ2) is 6.91. The van der Waals surface area contributed by atoms with E-state index in [4.69, 9.17) is 5.73 Å². The van der Waals surface area contributed by atoms with Gasteiger partial charge >= 0.3 is 6.03 Å². The van der Waals surface area contributed by atoms with Gasteiger partial charge in [-0.15, -0.1) is 0 Å². The van der Waals surface area contributed by atoms with E-state index in [1.807, 2.05) is 6.92 Å². The number of hydrogen-bond donors (Lipinski definition) is 3. The Balaban J connectivity index is 1.73. The third kappa shape index (κ3) is 3.50. The predicted octanol–water partition coefficient (Wildman–Crippen LogP) is 1.89. The molecule has 1 aliphatic rings. The lowest BCUT2D eigenvalue weighted by Crippen LogP contribution is -2.27. The first-order valence-corrected chi connectivity index (χ1v) is 8.21. The van der Waals surface area contributed by atoms with Crippen molar-refractivity contribution >= 4 is 29.4 Å². The molecular weight excluding hydrogens is 348 g/mol. The zero-order chi connectivity index (χ0) is 19.7. The van der Waals surface area contributed by atoms with Gasteiger partial charge in [0.25, 0.3) is 17.7 Å². The van der Waals surface area contributed by atoms with E-state index in [9.17, 15) is 19.2 Å². The summed E-state index contributed by atoms with van der Waals surface area (Å²) in [5.41, 5.74) is 7.26. The van der Waals surface area contributed by atoms with E-state index in [-0.39, 0.29) is 23.4 Å². The Morgan fingerprint density at radius 3 is 2.26 bits per heavy atom. The number of benzene rings is 2. The van der Waals surface area contributed by atoms with Crippen LogP contribution in [0.3, 0.4) is 0 Å². The number of amides is 5. The zero-order valence-corrected chi connectivity index (χ0v) is 14.8. The number of imide groups is 1. The molecule has 27 heavy (non-hydrogen) atoms. The molecule has 1 unspecified atom stereocenters. The summed E-state index contributed by atoms with van der Waals surface area (Å²) in [4.78, 5) is 48.4. The first-order chi connectivity index (χ1) is 12.8. The quantitative estimate of drug-likeness (QED) is 0.715. The van der Waals surface area contributed by atoms with Crippen LogP contribution in [-0.2, 0) is 0 Å². The molecule has 1 aliphatic heterocycles. The number of rotatable bonds is 4. The Bertz CT molecular complexity index is 953. The molecule has 0 spiro atoms. The number of primary amides is 1. The first-order valence-electron chi connectivity index (χ1n) is 8.21. The summed E-state index contributed by atoms with van der Waals surface area (Å²) in [6, 6.07) is 10.4. The van der Waals surface area contributed by atoms with Gasteiger partial charge in [0.1, 0.15) is 0 Å². The van der Waals surface area contributed by atoms with E-state index in [0.29, 0.717) is 16.8 Å². The summed E-state index contributed by atoms with van der Waals surface area (Å²) < 4.78 is 0. The molecule has 0 saturated heterocycles. The molecule has 0 aromatic heterocycles. The van der Waals surface area contributed by atoms with Crippen LogP contribution in [0.15, 0.2) is 42.5 Å². The van der Waals surface area contributed by atoms with Gasteiger partial charge in [0.05, 0.1) is 17.2 Å². The monoisotopic (exact) mass is 366 g/mol. The second-order valence-corrected chi connectivity index (χ2v) is 6.24. The van der Waals surface area contributed by atoms with Gasteiger partial charge in [-0.05, 0) is 42.8 Å². The fourth-order valence-electron chi connectivity index (χ4n) is 2.86. The number of carbonyl (C=O) groups is 4. The Morgan fingerprint density at radius 1 is 1.00 bits per heavy atom. The van der Waals surface area contributed by atoms with Crippen molar-refractivity contribution in [3.05, 3.63) is 64.7 Å². The molecule has 5 amide bonds. The van der Waals surface area contributed by atoms with E-state index >= 15 is 0 Å². The van der Waals surface area contributed by atoms with E-state index in [1.54, 1.807) is 24.3 Å². The third-order valence-corrected chi connectivity index (χ3v) is 4.38. The Labute approximate surface area is 155 Å². The lowest BCUT2D eigenvalue weighted by atomic mass is 10.0. The van der Waals surface area contributed by atoms with Gasteiger partial charge < -0.3 is 16.4 Å². The molecular formula is C19H18N4O4. The van der Waals surface area contributed by atoms with Crippen LogP contribution in [0.25, 0.3) is 0 Å². The lowest BCUT2D eigenvalue weighted by Gasteiger charge is -2.15. The number of carbonyl (C=O) groups excluding carboxylic acids is 4. The Morgan fingerprint density at radius 2 is 1.63 bits per heavy atom. The van der Waals surface area contributed by atoms with Crippen molar-refractivity contribution in [3.63, 3.8) is 0 Å². The first kappa shape index (κ1) is 18.1. The minimum absolute atomic E-state index is 0.227.